The lowest BCUT2D eigenvalue weighted by molar-refractivity contribution is -0.114. The first-order chi connectivity index (χ1) is 17.1. The Balaban J connectivity index is 1.25. The Kier molecular flexibility index (Phi) is 8.35. The maximum atomic E-state index is 12.6. The minimum atomic E-state index is -0.200. The van der Waals surface area contributed by atoms with Crippen LogP contribution in [0.15, 0.2) is 78.9 Å². The molecular formula is C28H31N3O4. The van der Waals surface area contributed by atoms with Crippen LogP contribution in [0.1, 0.15) is 41.7 Å². The van der Waals surface area contributed by atoms with Gasteiger partial charge in [-0.3, -0.25) is 9.59 Å². The zero-order valence-electron chi connectivity index (χ0n) is 19.8. The topological polar surface area (TPSA) is 88.7 Å². The van der Waals surface area contributed by atoms with Crippen LogP contribution in [0.5, 0.6) is 5.75 Å². The molecule has 35 heavy (non-hydrogen) atoms. The van der Waals surface area contributed by atoms with E-state index in [1.165, 1.54) is 0 Å². The molecule has 0 aliphatic carbocycles. The summed E-state index contributed by atoms with van der Waals surface area (Å²) >= 11 is 0. The number of carbonyl (C=O) groups excluding carboxylic acids is 2. The van der Waals surface area contributed by atoms with Crippen LogP contribution in [0, 0.1) is 0 Å². The molecule has 3 N–H and O–H groups in total. The van der Waals surface area contributed by atoms with E-state index < -0.39 is 0 Å². The molecule has 1 saturated heterocycles. The summed E-state index contributed by atoms with van der Waals surface area (Å²) in [5.74, 6) is 0.324. The SMILES string of the molecule is CC(NC(=O)c1ccc(NC(=O)CNc2ccccc2OCC2CCCO2)cc1)c1ccccc1. The molecule has 1 heterocycles. The van der Waals surface area contributed by atoms with Gasteiger partial charge in [-0.15, -0.1) is 0 Å². The second-order valence-corrected chi connectivity index (χ2v) is 8.53. The summed E-state index contributed by atoms with van der Waals surface area (Å²) in [5, 5.41) is 8.97. The van der Waals surface area contributed by atoms with Gasteiger partial charge in [0.25, 0.3) is 5.91 Å². The number of nitrogens with one attached hydrogen (secondary N) is 3. The van der Waals surface area contributed by atoms with E-state index in [4.69, 9.17) is 9.47 Å². The number of para-hydroxylation sites is 2. The van der Waals surface area contributed by atoms with E-state index in [1.807, 2.05) is 61.5 Å². The van der Waals surface area contributed by atoms with Gasteiger partial charge in [0, 0.05) is 17.9 Å². The summed E-state index contributed by atoms with van der Waals surface area (Å²) in [4.78, 5) is 25.0. The van der Waals surface area contributed by atoms with E-state index in [2.05, 4.69) is 16.0 Å². The maximum absolute atomic E-state index is 12.6. The van der Waals surface area contributed by atoms with Crippen molar-refractivity contribution in [3.05, 3.63) is 90.0 Å². The van der Waals surface area contributed by atoms with Crippen LogP contribution in [0.2, 0.25) is 0 Å². The highest BCUT2D eigenvalue weighted by Crippen LogP contribution is 2.25. The fourth-order valence-electron chi connectivity index (χ4n) is 3.89. The lowest BCUT2D eigenvalue weighted by atomic mass is 10.1. The molecule has 7 heteroatoms. The van der Waals surface area contributed by atoms with Crippen LogP contribution in [-0.4, -0.2) is 37.7 Å². The third-order valence-electron chi connectivity index (χ3n) is 5.85. The van der Waals surface area contributed by atoms with Crippen molar-refractivity contribution in [2.24, 2.45) is 0 Å². The normalized spacial score (nSPS) is 15.7. The van der Waals surface area contributed by atoms with Crippen LogP contribution in [0.25, 0.3) is 0 Å². The van der Waals surface area contributed by atoms with Crippen LogP contribution in [-0.2, 0) is 9.53 Å². The first kappa shape index (κ1) is 24.3. The van der Waals surface area contributed by atoms with E-state index in [0.717, 1.165) is 30.7 Å². The smallest absolute Gasteiger partial charge is 0.251 e. The quantitative estimate of drug-likeness (QED) is 0.394. The molecule has 4 rings (SSSR count). The average molecular weight is 474 g/mol. The van der Waals surface area contributed by atoms with Crippen molar-refractivity contribution in [2.75, 3.05) is 30.4 Å². The number of hydrogen-bond acceptors (Lipinski definition) is 5. The number of rotatable bonds is 10. The Morgan fingerprint density at radius 3 is 2.49 bits per heavy atom. The molecule has 0 saturated carbocycles. The predicted molar refractivity (Wildman–Crippen MR) is 137 cm³/mol. The second kappa shape index (κ2) is 12.0. The maximum Gasteiger partial charge on any atom is 0.251 e. The Hall–Kier alpha value is -3.84. The van der Waals surface area contributed by atoms with Crippen molar-refractivity contribution in [1.29, 1.82) is 0 Å². The van der Waals surface area contributed by atoms with E-state index >= 15 is 0 Å². The summed E-state index contributed by atoms with van der Waals surface area (Å²) in [6.45, 7) is 3.30. The summed E-state index contributed by atoms with van der Waals surface area (Å²) in [6, 6.07) is 24.1. The van der Waals surface area contributed by atoms with E-state index in [1.54, 1.807) is 24.3 Å². The van der Waals surface area contributed by atoms with Gasteiger partial charge < -0.3 is 25.4 Å². The number of benzene rings is 3. The largest absolute Gasteiger partial charge is 0.489 e. The highest BCUT2D eigenvalue weighted by atomic mass is 16.5. The molecule has 0 spiro atoms. The summed E-state index contributed by atoms with van der Waals surface area (Å²) in [7, 11) is 0. The number of amides is 2. The zero-order valence-corrected chi connectivity index (χ0v) is 19.8. The van der Waals surface area contributed by atoms with Gasteiger partial charge in [0.1, 0.15) is 12.4 Å². The molecule has 2 atom stereocenters. The van der Waals surface area contributed by atoms with Crippen molar-refractivity contribution in [3.63, 3.8) is 0 Å². The molecular weight excluding hydrogens is 442 g/mol. The van der Waals surface area contributed by atoms with Gasteiger partial charge in [0.05, 0.1) is 24.4 Å². The van der Waals surface area contributed by atoms with Crippen molar-refractivity contribution >= 4 is 23.2 Å². The van der Waals surface area contributed by atoms with Gasteiger partial charge in [-0.05, 0) is 61.7 Å². The van der Waals surface area contributed by atoms with E-state index in [0.29, 0.717) is 23.6 Å². The average Bonchev–Trinajstić information content (AvgIpc) is 3.41. The molecule has 7 nitrogen and oxygen atoms in total. The van der Waals surface area contributed by atoms with Crippen LogP contribution in [0.4, 0.5) is 11.4 Å². The summed E-state index contributed by atoms with van der Waals surface area (Å²) in [5.41, 5.74) is 2.94. The summed E-state index contributed by atoms with van der Waals surface area (Å²) < 4.78 is 11.5. The van der Waals surface area contributed by atoms with Crippen molar-refractivity contribution in [2.45, 2.75) is 31.9 Å². The van der Waals surface area contributed by atoms with Crippen molar-refractivity contribution in [3.8, 4) is 5.75 Å². The first-order valence-electron chi connectivity index (χ1n) is 11.9. The van der Waals surface area contributed by atoms with Gasteiger partial charge in [-0.25, -0.2) is 0 Å². The third kappa shape index (κ3) is 7.07. The Morgan fingerprint density at radius 1 is 1.00 bits per heavy atom. The van der Waals surface area contributed by atoms with Crippen molar-refractivity contribution in [1.82, 2.24) is 5.32 Å². The highest BCUT2D eigenvalue weighted by Gasteiger charge is 2.17. The Bertz CT molecular complexity index is 1110. The monoisotopic (exact) mass is 473 g/mol. The number of hydrogen-bond donors (Lipinski definition) is 3. The van der Waals surface area contributed by atoms with Crippen LogP contribution in [0.3, 0.4) is 0 Å². The first-order valence-corrected chi connectivity index (χ1v) is 11.9. The van der Waals surface area contributed by atoms with Gasteiger partial charge in [0.15, 0.2) is 0 Å². The fraction of sp³-hybridized carbons (Fsp3) is 0.286. The third-order valence-corrected chi connectivity index (χ3v) is 5.85. The van der Waals surface area contributed by atoms with E-state index in [9.17, 15) is 9.59 Å². The second-order valence-electron chi connectivity index (χ2n) is 8.53. The molecule has 1 aliphatic heterocycles. The molecule has 3 aromatic carbocycles. The molecule has 0 radical (unpaired) electrons. The summed E-state index contributed by atoms with van der Waals surface area (Å²) in [6.07, 6.45) is 2.19. The van der Waals surface area contributed by atoms with E-state index in [-0.39, 0.29) is 30.5 Å². The van der Waals surface area contributed by atoms with Crippen LogP contribution < -0.4 is 20.7 Å². The molecule has 2 amide bonds. The number of anilines is 2. The zero-order chi connectivity index (χ0) is 24.5. The molecule has 2 unspecified atom stereocenters. The molecule has 3 aromatic rings. The van der Waals surface area contributed by atoms with Gasteiger partial charge in [0.2, 0.25) is 5.91 Å². The van der Waals surface area contributed by atoms with Crippen molar-refractivity contribution < 1.29 is 19.1 Å². The van der Waals surface area contributed by atoms with Crippen LogP contribution >= 0.6 is 0 Å². The lowest BCUT2D eigenvalue weighted by Gasteiger charge is -2.16. The molecule has 182 valence electrons. The fourth-order valence-corrected chi connectivity index (χ4v) is 3.89. The number of ether oxygens (including phenoxy) is 2. The molecule has 0 aromatic heterocycles. The molecule has 1 aliphatic rings. The number of carbonyl (C=O) groups is 2. The molecule has 0 bridgehead atoms. The van der Waals surface area contributed by atoms with Gasteiger partial charge in [-0.2, -0.15) is 0 Å². The minimum Gasteiger partial charge on any atom is -0.489 e. The van der Waals surface area contributed by atoms with Gasteiger partial charge >= 0.3 is 0 Å². The molecule has 1 fully saturated rings. The highest BCUT2D eigenvalue weighted by molar-refractivity contribution is 5.97. The lowest BCUT2D eigenvalue weighted by Crippen LogP contribution is -2.26. The predicted octanol–water partition coefficient (Wildman–Crippen LogP) is 4.79. The Morgan fingerprint density at radius 2 is 1.74 bits per heavy atom. The minimum absolute atomic E-state index is 0.0805. The van der Waals surface area contributed by atoms with Gasteiger partial charge in [-0.1, -0.05) is 42.5 Å². The Labute approximate surface area is 205 Å². The standard InChI is InChI=1S/C28H31N3O4/c1-20(21-8-3-2-4-9-21)30-28(33)22-13-15-23(16-14-22)31-27(32)18-29-25-11-5-6-12-26(25)35-19-24-10-7-17-34-24/h2-6,8-9,11-16,20,24,29H,7,10,17-19H2,1H3,(H,30,33)(H,31,32).